The fourth-order valence-corrected chi connectivity index (χ4v) is 6.24. The highest BCUT2D eigenvalue weighted by atomic mass is 32.1. The zero-order chi connectivity index (χ0) is 21.0. The van der Waals surface area contributed by atoms with Gasteiger partial charge in [0.2, 0.25) is 5.91 Å². The second-order valence-corrected chi connectivity index (χ2v) is 10.9. The highest BCUT2D eigenvalue weighted by Gasteiger charge is 2.36. The number of fused-ring (bicyclic) bond motifs is 3. The van der Waals surface area contributed by atoms with E-state index in [-0.39, 0.29) is 18.2 Å². The molecule has 30 heavy (non-hydrogen) atoms. The van der Waals surface area contributed by atoms with E-state index in [0.29, 0.717) is 25.0 Å². The Balaban J connectivity index is 1.44. The molecule has 2 aromatic rings. The number of nitrogens with zero attached hydrogens (tertiary/aromatic N) is 4. The van der Waals surface area contributed by atoms with Gasteiger partial charge in [0.15, 0.2) is 0 Å². The third-order valence-corrected chi connectivity index (χ3v) is 8.31. The summed E-state index contributed by atoms with van der Waals surface area (Å²) in [6, 6.07) is 0.567. The number of carbonyl (C=O) groups is 1. The van der Waals surface area contributed by atoms with Gasteiger partial charge in [-0.15, -0.1) is 11.3 Å². The zero-order valence-corrected chi connectivity index (χ0v) is 19.1. The molecule has 7 heteroatoms. The number of aliphatic hydroxyl groups is 1. The normalized spacial score (nSPS) is 21.9. The van der Waals surface area contributed by atoms with E-state index in [4.69, 9.17) is 9.97 Å². The summed E-state index contributed by atoms with van der Waals surface area (Å²) in [4.78, 5) is 29.5. The van der Waals surface area contributed by atoms with Gasteiger partial charge in [-0.25, -0.2) is 9.97 Å². The molecule has 0 spiro atoms. The van der Waals surface area contributed by atoms with Gasteiger partial charge in [-0.3, -0.25) is 4.79 Å². The first-order chi connectivity index (χ1) is 14.3. The minimum atomic E-state index is -0.749. The largest absolute Gasteiger partial charge is 0.390 e. The van der Waals surface area contributed by atoms with E-state index in [1.165, 1.54) is 41.5 Å². The number of likely N-dealkylation sites (tertiary alicyclic amines) is 1. The van der Waals surface area contributed by atoms with Gasteiger partial charge < -0.3 is 14.9 Å². The van der Waals surface area contributed by atoms with Gasteiger partial charge in [0.05, 0.1) is 17.4 Å². The highest BCUT2D eigenvalue weighted by molar-refractivity contribution is 7.19. The summed E-state index contributed by atoms with van der Waals surface area (Å²) in [5.74, 6) is 1.87. The smallest absolute Gasteiger partial charge is 0.230 e. The van der Waals surface area contributed by atoms with Crippen LogP contribution in [0.3, 0.4) is 0 Å². The Morgan fingerprint density at radius 2 is 2.00 bits per heavy atom. The molecule has 1 saturated heterocycles. The van der Waals surface area contributed by atoms with E-state index in [0.717, 1.165) is 29.9 Å². The molecule has 1 N–H and O–H groups in total. The molecule has 6 nitrogen and oxygen atoms in total. The summed E-state index contributed by atoms with van der Waals surface area (Å²) in [7, 11) is 2.15. The average molecular weight is 429 g/mol. The molecular formula is C23H32N4O2S. The summed E-state index contributed by atoms with van der Waals surface area (Å²) in [5, 5.41) is 11.5. The summed E-state index contributed by atoms with van der Waals surface area (Å²) in [6.45, 7) is 4.99. The maximum Gasteiger partial charge on any atom is 0.230 e. The molecular weight excluding hydrogens is 396 g/mol. The molecule has 1 atom stereocenters. The molecule has 2 aromatic heterocycles. The number of thiophene rings is 1. The molecule has 3 heterocycles. The molecule has 2 aliphatic carbocycles. The Bertz CT molecular complexity index is 976. The highest BCUT2D eigenvalue weighted by Crippen LogP contribution is 2.41. The lowest BCUT2D eigenvalue weighted by Crippen LogP contribution is -2.36. The van der Waals surface area contributed by atoms with E-state index in [1.54, 1.807) is 11.3 Å². The Morgan fingerprint density at radius 1 is 1.23 bits per heavy atom. The Morgan fingerprint density at radius 3 is 2.70 bits per heavy atom. The lowest BCUT2D eigenvalue weighted by atomic mass is 9.90. The van der Waals surface area contributed by atoms with Gasteiger partial charge in [0.1, 0.15) is 16.5 Å². The average Bonchev–Trinajstić information content (AvgIpc) is 3.29. The molecule has 1 amide bonds. The zero-order valence-electron chi connectivity index (χ0n) is 18.3. The standard InChI is InChI=1S/C23H32N4O2S/c1-23(2,29)14-10-11-27(13-14)19(28)12-18-24-21(26(3)15-8-9-15)20-16-6-4-5-7-17(16)30-22(20)25-18/h14-15,29H,4-13H2,1-3H3/t14-/m0/s1. The van der Waals surface area contributed by atoms with Gasteiger partial charge in [-0.1, -0.05) is 0 Å². The SMILES string of the molecule is CN(c1nc(CC(=O)N2CC[C@H](C(C)(C)O)C2)nc2sc3c(c12)CCCC3)C1CC1. The minimum absolute atomic E-state index is 0.0717. The van der Waals surface area contributed by atoms with Crippen LogP contribution in [0.1, 0.15) is 62.2 Å². The number of aryl methyl sites for hydroxylation is 2. The summed E-state index contributed by atoms with van der Waals surface area (Å²) >= 11 is 1.80. The molecule has 0 bridgehead atoms. The van der Waals surface area contributed by atoms with Crippen LogP contribution in [0.15, 0.2) is 0 Å². The summed E-state index contributed by atoms with van der Waals surface area (Å²) in [6.07, 6.45) is 8.28. The quantitative estimate of drug-likeness (QED) is 0.791. The Hall–Kier alpha value is -1.73. The van der Waals surface area contributed by atoms with Crippen LogP contribution in [0.2, 0.25) is 0 Å². The van der Waals surface area contributed by atoms with Crippen LogP contribution in [0.4, 0.5) is 5.82 Å². The molecule has 2 fully saturated rings. The second-order valence-electron chi connectivity index (χ2n) is 9.85. The van der Waals surface area contributed by atoms with Crippen molar-refractivity contribution in [3.8, 4) is 0 Å². The van der Waals surface area contributed by atoms with Gasteiger partial charge in [-0.05, 0) is 64.4 Å². The van der Waals surface area contributed by atoms with Gasteiger partial charge in [-0.2, -0.15) is 0 Å². The molecule has 0 aromatic carbocycles. The number of aromatic nitrogens is 2. The van der Waals surface area contributed by atoms with Crippen LogP contribution in [-0.4, -0.2) is 57.7 Å². The molecule has 0 unspecified atom stereocenters. The first-order valence-corrected chi connectivity index (χ1v) is 12.2. The van der Waals surface area contributed by atoms with Crippen molar-refractivity contribution < 1.29 is 9.90 Å². The molecule has 3 aliphatic rings. The summed E-state index contributed by atoms with van der Waals surface area (Å²) < 4.78 is 0. The molecule has 162 valence electrons. The number of hydrogen-bond donors (Lipinski definition) is 1. The number of amides is 1. The first kappa shape index (κ1) is 20.2. The maximum absolute atomic E-state index is 13.0. The number of carbonyl (C=O) groups excluding carboxylic acids is 1. The van der Waals surface area contributed by atoms with E-state index >= 15 is 0 Å². The third-order valence-electron chi connectivity index (χ3n) is 7.12. The van der Waals surface area contributed by atoms with Crippen LogP contribution >= 0.6 is 11.3 Å². The van der Waals surface area contributed by atoms with Crippen molar-refractivity contribution >= 4 is 33.3 Å². The predicted octanol–water partition coefficient (Wildman–Crippen LogP) is 3.33. The van der Waals surface area contributed by atoms with Crippen LogP contribution in [0.5, 0.6) is 0 Å². The Kier molecular flexibility index (Phi) is 5.01. The van der Waals surface area contributed by atoms with E-state index < -0.39 is 5.60 Å². The van der Waals surface area contributed by atoms with Crippen LogP contribution < -0.4 is 4.90 Å². The Labute approximate surface area is 182 Å². The van der Waals surface area contributed by atoms with Crippen molar-refractivity contribution in [1.82, 2.24) is 14.9 Å². The van der Waals surface area contributed by atoms with Crippen molar-refractivity contribution in [1.29, 1.82) is 0 Å². The van der Waals surface area contributed by atoms with Crippen molar-refractivity contribution in [2.24, 2.45) is 5.92 Å². The van der Waals surface area contributed by atoms with Crippen LogP contribution in [-0.2, 0) is 24.1 Å². The molecule has 1 saturated carbocycles. The van der Waals surface area contributed by atoms with Crippen LogP contribution in [0.25, 0.3) is 10.2 Å². The third kappa shape index (κ3) is 3.71. The van der Waals surface area contributed by atoms with Crippen molar-refractivity contribution in [2.75, 3.05) is 25.0 Å². The fourth-order valence-electron chi connectivity index (χ4n) is 4.96. The topological polar surface area (TPSA) is 69.6 Å². The monoisotopic (exact) mass is 428 g/mol. The maximum atomic E-state index is 13.0. The van der Waals surface area contributed by atoms with E-state index in [9.17, 15) is 9.90 Å². The fraction of sp³-hybridized carbons (Fsp3) is 0.696. The van der Waals surface area contributed by atoms with Crippen molar-refractivity contribution in [2.45, 2.75) is 76.9 Å². The molecule has 0 radical (unpaired) electrons. The second kappa shape index (κ2) is 7.45. The number of anilines is 1. The first-order valence-electron chi connectivity index (χ1n) is 11.4. The van der Waals surface area contributed by atoms with Gasteiger partial charge >= 0.3 is 0 Å². The van der Waals surface area contributed by atoms with Crippen LogP contribution in [0, 0.1) is 5.92 Å². The van der Waals surface area contributed by atoms with E-state index in [1.807, 2.05) is 18.7 Å². The van der Waals surface area contributed by atoms with Crippen molar-refractivity contribution in [3.05, 3.63) is 16.3 Å². The summed E-state index contributed by atoms with van der Waals surface area (Å²) in [5.41, 5.74) is 0.704. The lowest BCUT2D eigenvalue weighted by molar-refractivity contribution is -0.130. The number of rotatable bonds is 5. The molecule has 5 rings (SSSR count). The predicted molar refractivity (Wildman–Crippen MR) is 120 cm³/mol. The van der Waals surface area contributed by atoms with Gasteiger partial charge in [0, 0.05) is 37.0 Å². The lowest BCUT2D eigenvalue weighted by Gasteiger charge is -2.25. The number of hydrogen-bond acceptors (Lipinski definition) is 6. The van der Waals surface area contributed by atoms with E-state index in [2.05, 4.69) is 11.9 Å². The van der Waals surface area contributed by atoms with Crippen molar-refractivity contribution in [3.63, 3.8) is 0 Å². The minimum Gasteiger partial charge on any atom is -0.390 e. The molecule has 1 aliphatic heterocycles. The van der Waals surface area contributed by atoms with Gasteiger partial charge in [0.25, 0.3) is 0 Å².